The summed E-state index contributed by atoms with van der Waals surface area (Å²) < 4.78 is 32.7. The van der Waals surface area contributed by atoms with Crippen molar-refractivity contribution in [2.75, 3.05) is 0 Å². The third-order valence-corrected chi connectivity index (χ3v) is 4.18. The summed E-state index contributed by atoms with van der Waals surface area (Å²) in [5, 5.41) is 0. The molecule has 0 aliphatic rings. The summed E-state index contributed by atoms with van der Waals surface area (Å²) in [5.41, 5.74) is 1.07. The van der Waals surface area contributed by atoms with Gasteiger partial charge in [0.15, 0.2) is 0 Å². The predicted molar refractivity (Wildman–Crippen MR) is 70.8 cm³/mol. The van der Waals surface area contributed by atoms with Gasteiger partial charge >= 0.3 is 29.6 Å². The minimum atomic E-state index is -4.31. The zero-order valence-corrected chi connectivity index (χ0v) is 15.0. The van der Waals surface area contributed by atoms with Gasteiger partial charge in [0, 0.05) is 3.92 Å². The van der Waals surface area contributed by atoms with E-state index in [0.717, 1.165) is 24.8 Å². The van der Waals surface area contributed by atoms with Crippen molar-refractivity contribution in [2.24, 2.45) is 0 Å². The van der Waals surface area contributed by atoms with Gasteiger partial charge in [0.05, 0.1) is 4.90 Å². The van der Waals surface area contributed by atoms with Gasteiger partial charge in [-0.3, -0.25) is 0 Å². The van der Waals surface area contributed by atoms with Gasteiger partial charge in [-0.25, -0.2) is 8.42 Å². The first-order chi connectivity index (χ1) is 7.43. The van der Waals surface area contributed by atoms with Crippen LogP contribution in [0.4, 0.5) is 0 Å². The van der Waals surface area contributed by atoms with Crippen LogP contribution in [0, 0.1) is 0 Å². The van der Waals surface area contributed by atoms with E-state index in [1.165, 1.54) is 12.1 Å². The monoisotopic (exact) mass is 376 g/mol. The summed E-state index contributed by atoms with van der Waals surface area (Å²) in [6.45, 7) is 2.14. The normalized spacial score (nSPS) is 12.9. The van der Waals surface area contributed by atoms with Gasteiger partial charge in [-0.2, -0.15) is 0 Å². The zero-order valence-electron chi connectivity index (χ0n) is 10.0. The van der Waals surface area contributed by atoms with Crippen LogP contribution in [0.5, 0.6) is 0 Å². The maximum atomic E-state index is 10.7. The molecule has 1 rings (SSSR count). The Bertz CT molecular complexity index is 431. The Kier molecular flexibility index (Phi) is 8.53. The molecule has 90 valence electrons. The van der Waals surface area contributed by atoms with Crippen molar-refractivity contribution in [1.82, 2.24) is 0 Å². The summed E-state index contributed by atoms with van der Waals surface area (Å²) in [6, 6.07) is 6.19. The Labute approximate surface area is 139 Å². The molecule has 0 aromatic heterocycles. The van der Waals surface area contributed by atoms with Gasteiger partial charge < -0.3 is 4.55 Å². The van der Waals surface area contributed by atoms with E-state index in [1.54, 1.807) is 12.1 Å². The second-order valence-electron chi connectivity index (χ2n) is 3.69. The molecule has 17 heavy (non-hydrogen) atoms. The smallest absolute Gasteiger partial charge is 0.744 e. The van der Waals surface area contributed by atoms with E-state index in [-0.39, 0.29) is 34.5 Å². The van der Waals surface area contributed by atoms with Gasteiger partial charge in [0.25, 0.3) is 0 Å². The molecule has 1 aromatic rings. The van der Waals surface area contributed by atoms with Crippen molar-refractivity contribution in [3.63, 3.8) is 0 Å². The first-order valence-corrected chi connectivity index (χ1v) is 7.77. The fourth-order valence-corrected chi connectivity index (χ4v) is 3.06. The third-order valence-electron chi connectivity index (χ3n) is 2.27. The minimum absolute atomic E-state index is 0. The fraction of sp³-hybridized carbons (Fsp3) is 0.455. The van der Waals surface area contributed by atoms with E-state index in [0.29, 0.717) is 3.92 Å². The molecule has 0 saturated heterocycles. The molecule has 6 heteroatoms. The summed E-state index contributed by atoms with van der Waals surface area (Å²) in [6.07, 6.45) is 3.19. The average Bonchev–Trinajstić information content (AvgIpc) is 2.17. The number of alkyl halides is 1. The largest absolute Gasteiger partial charge is 1.00 e. The zero-order chi connectivity index (χ0) is 12.2. The van der Waals surface area contributed by atoms with E-state index in [4.69, 9.17) is 0 Å². The number of halogens is 1. The second-order valence-corrected chi connectivity index (χ2v) is 6.83. The van der Waals surface area contributed by atoms with E-state index >= 15 is 0 Å². The van der Waals surface area contributed by atoms with Crippen molar-refractivity contribution in [3.8, 4) is 0 Å². The van der Waals surface area contributed by atoms with Crippen molar-refractivity contribution in [3.05, 3.63) is 29.8 Å². The van der Waals surface area contributed by atoms with Crippen LogP contribution in [-0.2, 0) is 16.5 Å². The van der Waals surface area contributed by atoms with Crippen LogP contribution < -0.4 is 29.6 Å². The molecule has 0 bridgehead atoms. The van der Waals surface area contributed by atoms with Crippen LogP contribution in [0.2, 0.25) is 0 Å². The Morgan fingerprint density at radius 2 is 1.82 bits per heavy atom. The molecule has 0 saturated carbocycles. The van der Waals surface area contributed by atoms with Gasteiger partial charge in [-0.05, 0) is 30.5 Å². The Morgan fingerprint density at radius 3 is 2.24 bits per heavy atom. The van der Waals surface area contributed by atoms with Crippen LogP contribution in [0.25, 0.3) is 0 Å². The standard InChI is InChI=1S/C11H15IO3S.Na/c1-2-3-10(12)8-9-4-6-11(7-5-9)16(13,14)15;/h4-7,10H,2-3,8H2,1H3,(H,13,14,15);/q;+1/p-1. The van der Waals surface area contributed by atoms with Crippen LogP contribution in [0.3, 0.4) is 0 Å². The quantitative estimate of drug-likeness (QED) is 0.308. The maximum Gasteiger partial charge on any atom is 1.00 e. The van der Waals surface area contributed by atoms with Crippen LogP contribution in [0.1, 0.15) is 25.3 Å². The van der Waals surface area contributed by atoms with Crippen molar-refractivity contribution >= 4 is 32.7 Å². The molecule has 0 heterocycles. The van der Waals surface area contributed by atoms with Gasteiger partial charge in [0.1, 0.15) is 10.1 Å². The van der Waals surface area contributed by atoms with E-state index in [9.17, 15) is 13.0 Å². The van der Waals surface area contributed by atoms with Gasteiger partial charge in [0.2, 0.25) is 0 Å². The molecule has 0 radical (unpaired) electrons. The molecule has 0 fully saturated rings. The minimum Gasteiger partial charge on any atom is -0.744 e. The van der Waals surface area contributed by atoms with Crippen LogP contribution in [-0.4, -0.2) is 16.9 Å². The van der Waals surface area contributed by atoms with Crippen LogP contribution >= 0.6 is 22.6 Å². The molecule has 0 N–H and O–H groups in total. The van der Waals surface area contributed by atoms with E-state index in [1.807, 2.05) is 0 Å². The molecule has 0 spiro atoms. The van der Waals surface area contributed by atoms with Crippen molar-refractivity contribution < 1.29 is 42.5 Å². The summed E-state index contributed by atoms with van der Waals surface area (Å²) >= 11 is 2.39. The Balaban J connectivity index is 0.00000256. The van der Waals surface area contributed by atoms with Gasteiger partial charge in [-0.1, -0.05) is 48.1 Å². The van der Waals surface area contributed by atoms with Crippen molar-refractivity contribution in [2.45, 2.75) is 35.0 Å². The Hall–Kier alpha value is 0.860. The van der Waals surface area contributed by atoms with E-state index < -0.39 is 10.1 Å². The first kappa shape index (κ1) is 17.9. The molecular weight excluding hydrogens is 362 g/mol. The molecule has 1 aromatic carbocycles. The number of hydrogen-bond donors (Lipinski definition) is 0. The second kappa shape index (κ2) is 8.12. The number of hydrogen-bond acceptors (Lipinski definition) is 3. The molecule has 3 nitrogen and oxygen atoms in total. The Morgan fingerprint density at radius 1 is 1.29 bits per heavy atom. The summed E-state index contributed by atoms with van der Waals surface area (Å²) in [4.78, 5) is -0.156. The molecule has 1 unspecified atom stereocenters. The number of rotatable bonds is 5. The van der Waals surface area contributed by atoms with Crippen molar-refractivity contribution in [1.29, 1.82) is 0 Å². The molecular formula is C11H14INaO3S. The fourth-order valence-electron chi connectivity index (χ4n) is 1.46. The first-order valence-electron chi connectivity index (χ1n) is 5.12. The predicted octanol–water partition coefficient (Wildman–Crippen LogP) is -0.259. The summed E-state index contributed by atoms with van der Waals surface area (Å²) in [7, 11) is -4.31. The topological polar surface area (TPSA) is 57.2 Å². The molecule has 0 amide bonds. The van der Waals surface area contributed by atoms with E-state index in [2.05, 4.69) is 29.5 Å². The SMILES string of the molecule is CCCC(I)Cc1ccc(S(=O)(=O)[O-])cc1.[Na+]. The average molecular weight is 376 g/mol. The molecule has 0 aliphatic carbocycles. The molecule has 1 atom stereocenters. The molecule has 0 aliphatic heterocycles. The summed E-state index contributed by atoms with van der Waals surface area (Å²) in [5.74, 6) is 0. The third kappa shape index (κ3) is 6.54. The maximum absolute atomic E-state index is 10.7. The van der Waals surface area contributed by atoms with Crippen LogP contribution in [0.15, 0.2) is 29.2 Å². The number of benzene rings is 1. The van der Waals surface area contributed by atoms with Gasteiger partial charge in [-0.15, -0.1) is 0 Å².